The normalized spacial score (nSPS) is 19.6. The number of nitrogens with zero attached hydrogens (tertiary/aromatic N) is 4. The quantitative estimate of drug-likeness (QED) is 0.225. The summed E-state index contributed by atoms with van der Waals surface area (Å²) in [5, 5.41) is 23.4. The lowest BCUT2D eigenvalue weighted by Crippen LogP contribution is -2.30. The van der Waals surface area contributed by atoms with E-state index in [-0.39, 0.29) is 33.5 Å². The predicted molar refractivity (Wildman–Crippen MR) is 151 cm³/mol. The standard InChI is InChI=1S/C28H28Cl2N4O4/c1-18-15-21(7-10-24(18)31-13-3-2-4-14-31)32-25(19-5-8-22(29)27(16-19)33(35)36)11-12-26(32)20-6-9-23(30)28(17-20)34(37)38/h5-10,15-17,25-26H,2-4,11-14H2,1H3/t25-,26-/m1/s1. The molecule has 0 amide bonds. The van der Waals surface area contributed by atoms with Gasteiger partial charge in [0.1, 0.15) is 10.0 Å². The number of nitro groups is 2. The van der Waals surface area contributed by atoms with E-state index in [4.69, 9.17) is 23.2 Å². The van der Waals surface area contributed by atoms with Crippen molar-refractivity contribution in [3.63, 3.8) is 0 Å². The molecule has 0 unspecified atom stereocenters. The van der Waals surface area contributed by atoms with Gasteiger partial charge >= 0.3 is 0 Å². The lowest BCUT2D eigenvalue weighted by molar-refractivity contribution is -0.384. The SMILES string of the molecule is Cc1cc(N2[C@@H](c3ccc(Cl)c([N+](=O)[O-])c3)CC[C@@H]2c2ccc(Cl)c([N+](=O)[O-])c2)ccc1N1CCCCC1. The first-order valence-corrected chi connectivity index (χ1v) is 13.5. The second kappa shape index (κ2) is 10.8. The molecule has 3 aromatic carbocycles. The summed E-state index contributed by atoms with van der Waals surface area (Å²) in [6.07, 6.45) is 5.05. The van der Waals surface area contributed by atoms with Crippen LogP contribution in [0.5, 0.6) is 0 Å². The van der Waals surface area contributed by atoms with Gasteiger partial charge in [-0.15, -0.1) is 0 Å². The molecular weight excluding hydrogens is 527 g/mol. The molecule has 0 radical (unpaired) electrons. The van der Waals surface area contributed by atoms with Crippen molar-refractivity contribution in [1.29, 1.82) is 0 Å². The zero-order chi connectivity index (χ0) is 27.0. The van der Waals surface area contributed by atoms with E-state index in [1.54, 1.807) is 24.3 Å². The number of hydrogen-bond donors (Lipinski definition) is 0. The number of halogens is 2. The number of nitro benzene ring substituents is 2. The Morgan fingerprint density at radius 3 is 1.76 bits per heavy atom. The maximum atomic E-state index is 11.6. The summed E-state index contributed by atoms with van der Waals surface area (Å²) in [6, 6.07) is 15.9. The molecule has 2 aliphatic heterocycles. The first kappa shape index (κ1) is 26.3. The number of anilines is 2. The van der Waals surface area contributed by atoms with Crippen LogP contribution in [0.15, 0.2) is 54.6 Å². The molecule has 38 heavy (non-hydrogen) atoms. The maximum Gasteiger partial charge on any atom is 0.288 e. The van der Waals surface area contributed by atoms with Crippen LogP contribution >= 0.6 is 23.2 Å². The molecule has 2 atom stereocenters. The fraction of sp³-hybridized carbons (Fsp3) is 0.357. The fourth-order valence-corrected chi connectivity index (χ4v) is 6.24. The Morgan fingerprint density at radius 2 is 1.29 bits per heavy atom. The molecule has 2 heterocycles. The molecule has 10 heteroatoms. The van der Waals surface area contributed by atoms with Gasteiger partial charge in [-0.3, -0.25) is 20.2 Å². The lowest BCUT2D eigenvalue weighted by atomic mass is 10.0. The highest BCUT2D eigenvalue weighted by atomic mass is 35.5. The number of benzene rings is 3. The smallest absolute Gasteiger partial charge is 0.288 e. The van der Waals surface area contributed by atoms with E-state index in [9.17, 15) is 20.2 Å². The molecule has 0 spiro atoms. The molecule has 0 aromatic heterocycles. The number of piperidine rings is 1. The van der Waals surface area contributed by atoms with Gasteiger partial charge in [0.25, 0.3) is 11.4 Å². The van der Waals surface area contributed by atoms with Gasteiger partial charge in [0, 0.05) is 36.6 Å². The van der Waals surface area contributed by atoms with Crippen LogP contribution < -0.4 is 9.80 Å². The van der Waals surface area contributed by atoms with Crippen molar-refractivity contribution in [2.24, 2.45) is 0 Å². The molecule has 0 bridgehead atoms. The number of hydrogen-bond acceptors (Lipinski definition) is 6. The van der Waals surface area contributed by atoms with Crippen LogP contribution in [0.1, 0.15) is 60.9 Å². The van der Waals surface area contributed by atoms with Crippen LogP contribution in [0, 0.1) is 27.2 Å². The van der Waals surface area contributed by atoms with Gasteiger partial charge in [0.05, 0.1) is 21.9 Å². The van der Waals surface area contributed by atoms with Crippen LogP contribution in [0.2, 0.25) is 10.0 Å². The summed E-state index contributed by atoms with van der Waals surface area (Å²) < 4.78 is 0. The fourth-order valence-electron chi connectivity index (χ4n) is 5.87. The van der Waals surface area contributed by atoms with Crippen LogP contribution in [0.4, 0.5) is 22.7 Å². The second-order valence-corrected chi connectivity index (χ2v) is 10.8. The predicted octanol–water partition coefficient (Wildman–Crippen LogP) is 8.19. The van der Waals surface area contributed by atoms with Crippen molar-refractivity contribution in [2.45, 2.75) is 51.1 Å². The van der Waals surface area contributed by atoms with Gasteiger partial charge in [-0.05, 0) is 86.1 Å². The number of aryl methyl sites for hydroxylation is 1. The van der Waals surface area contributed by atoms with Crippen molar-refractivity contribution in [1.82, 2.24) is 0 Å². The number of rotatable bonds is 6. The van der Waals surface area contributed by atoms with Crippen LogP contribution in [0.25, 0.3) is 0 Å². The Bertz CT molecular complexity index is 1320. The summed E-state index contributed by atoms with van der Waals surface area (Å²) in [6.45, 7) is 4.18. The highest BCUT2D eigenvalue weighted by molar-refractivity contribution is 6.33. The monoisotopic (exact) mass is 554 g/mol. The molecule has 0 N–H and O–H groups in total. The molecular formula is C28H28Cl2N4O4. The summed E-state index contributed by atoms with van der Waals surface area (Å²) in [5.41, 5.74) is 4.63. The van der Waals surface area contributed by atoms with Gasteiger partial charge in [0.15, 0.2) is 0 Å². The van der Waals surface area contributed by atoms with Gasteiger partial charge < -0.3 is 9.80 Å². The van der Waals surface area contributed by atoms with Gasteiger partial charge in [-0.2, -0.15) is 0 Å². The van der Waals surface area contributed by atoms with E-state index in [0.29, 0.717) is 12.8 Å². The second-order valence-electron chi connectivity index (χ2n) is 9.97. The maximum absolute atomic E-state index is 11.6. The van der Waals surface area contributed by atoms with Crippen molar-refractivity contribution < 1.29 is 9.85 Å². The summed E-state index contributed by atoms with van der Waals surface area (Å²) in [5.74, 6) is 0. The molecule has 2 fully saturated rings. The van der Waals surface area contributed by atoms with Gasteiger partial charge in [0.2, 0.25) is 0 Å². The van der Waals surface area contributed by atoms with E-state index in [1.165, 1.54) is 24.9 Å². The average molecular weight is 555 g/mol. The van der Waals surface area contributed by atoms with Crippen molar-refractivity contribution in [3.05, 3.63) is 102 Å². The van der Waals surface area contributed by atoms with Crippen LogP contribution in [-0.2, 0) is 0 Å². The molecule has 8 nitrogen and oxygen atoms in total. The first-order valence-electron chi connectivity index (χ1n) is 12.8. The Morgan fingerprint density at radius 1 is 0.763 bits per heavy atom. The first-order chi connectivity index (χ1) is 18.2. The van der Waals surface area contributed by atoms with E-state index >= 15 is 0 Å². The van der Waals surface area contributed by atoms with Crippen molar-refractivity contribution in [3.8, 4) is 0 Å². The van der Waals surface area contributed by atoms with Crippen molar-refractivity contribution in [2.75, 3.05) is 22.9 Å². The summed E-state index contributed by atoms with van der Waals surface area (Å²) in [7, 11) is 0. The molecule has 0 aliphatic carbocycles. The third-order valence-corrected chi connectivity index (χ3v) is 8.30. The van der Waals surface area contributed by atoms with Crippen LogP contribution in [0.3, 0.4) is 0 Å². The molecule has 0 saturated carbocycles. The minimum atomic E-state index is -0.470. The van der Waals surface area contributed by atoms with Gasteiger partial charge in [-0.25, -0.2) is 0 Å². The summed E-state index contributed by atoms with van der Waals surface area (Å²) >= 11 is 12.2. The summed E-state index contributed by atoms with van der Waals surface area (Å²) in [4.78, 5) is 27.0. The van der Waals surface area contributed by atoms with E-state index in [2.05, 4.69) is 34.9 Å². The Balaban J connectivity index is 1.59. The highest BCUT2D eigenvalue weighted by Gasteiger charge is 2.37. The molecule has 3 aromatic rings. The zero-order valence-corrected chi connectivity index (χ0v) is 22.5. The Kier molecular flexibility index (Phi) is 7.45. The molecule has 2 saturated heterocycles. The van der Waals surface area contributed by atoms with Crippen LogP contribution in [-0.4, -0.2) is 22.9 Å². The third-order valence-electron chi connectivity index (χ3n) is 7.66. The lowest BCUT2D eigenvalue weighted by Gasteiger charge is -2.35. The minimum Gasteiger partial charge on any atom is -0.371 e. The molecule has 198 valence electrons. The zero-order valence-electron chi connectivity index (χ0n) is 21.0. The Labute approximate surface area is 231 Å². The van der Waals surface area contributed by atoms with Crippen molar-refractivity contribution >= 4 is 46.0 Å². The van der Waals surface area contributed by atoms with Gasteiger partial charge in [-0.1, -0.05) is 35.3 Å². The molecule has 5 rings (SSSR count). The largest absolute Gasteiger partial charge is 0.371 e. The molecule has 2 aliphatic rings. The van der Waals surface area contributed by atoms with E-state index in [0.717, 1.165) is 35.5 Å². The highest BCUT2D eigenvalue weighted by Crippen LogP contribution is 2.49. The van der Waals surface area contributed by atoms with E-state index in [1.807, 2.05) is 12.1 Å². The minimum absolute atomic E-state index is 0.0925. The third kappa shape index (κ3) is 5.02. The van der Waals surface area contributed by atoms with E-state index < -0.39 is 9.85 Å². The topological polar surface area (TPSA) is 92.8 Å². The average Bonchev–Trinajstić information content (AvgIpc) is 3.34. The Hall–Kier alpha value is -3.36.